The molecule has 0 N–H and O–H groups in total. The second kappa shape index (κ2) is 12.3. The predicted octanol–water partition coefficient (Wildman–Crippen LogP) is 5.50. The van der Waals surface area contributed by atoms with E-state index in [0.29, 0.717) is 6.42 Å². The number of esters is 1. The number of rotatable bonds is 13. The van der Waals surface area contributed by atoms with Gasteiger partial charge in [0.25, 0.3) is 0 Å². The molecule has 0 bridgehead atoms. The minimum Gasteiger partial charge on any atom is -0.448 e. The van der Waals surface area contributed by atoms with Gasteiger partial charge in [0.05, 0.1) is 12.2 Å². The van der Waals surface area contributed by atoms with E-state index in [9.17, 15) is 9.36 Å². The number of hydrogen-bond acceptors (Lipinski definition) is 5. The third-order valence-corrected chi connectivity index (χ3v) is 5.72. The topological polar surface area (TPSA) is 61.8 Å². The third kappa shape index (κ3) is 10.4. The van der Waals surface area contributed by atoms with Crippen molar-refractivity contribution >= 4 is 25.2 Å². The smallest absolute Gasteiger partial charge is 0.371 e. The molecule has 0 spiro atoms. The number of unbranched alkanes of at least 4 members (excludes halogenated alkanes) is 4. The largest absolute Gasteiger partial charge is 0.448 e. The maximum Gasteiger partial charge on any atom is 0.371 e. The molecule has 0 aliphatic carbocycles. The van der Waals surface area contributed by atoms with Gasteiger partial charge in [0.2, 0.25) is 5.85 Å². The Hall–Kier alpha value is -0.0900. The Kier molecular flexibility index (Phi) is 12.2. The number of hydrogen-bond donors (Lipinski definition) is 0. The second-order valence-electron chi connectivity index (χ2n) is 6.13. The zero-order valence-corrected chi connectivity index (χ0v) is 16.7. The third-order valence-electron chi connectivity index (χ3n) is 3.00. The first kappa shape index (κ1) is 22.9. The Bertz CT molecular complexity index is 359. The van der Waals surface area contributed by atoms with Crippen LogP contribution < -0.4 is 0 Å². The number of carbonyl (C=O) groups is 1. The molecule has 5 nitrogen and oxygen atoms in total. The van der Waals surface area contributed by atoms with Gasteiger partial charge in [-0.2, -0.15) is 0 Å². The van der Waals surface area contributed by atoms with E-state index in [1.165, 1.54) is 0 Å². The van der Waals surface area contributed by atoms with Crippen LogP contribution in [-0.4, -0.2) is 29.9 Å². The van der Waals surface area contributed by atoms with Crippen molar-refractivity contribution < 1.29 is 23.1 Å². The van der Waals surface area contributed by atoms with Crippen LogP contribution in [-0.2, 0) is 23.1 Å². The number of halogens is 1. The molecule has 7 heteroatoms. The zero-order valence-electron chi connectivity index (χ0n) is 15.0. The van der Waals surface area contributed by atoms with E-state index in [4.69, 9.17) is 25.4 Å². The van der Waals surface area contributed by atoms with Crippen molar-refractivity contribution in [2.24, 2.45) is 0 Å². The highest BCUT2D eigenvalue weighted by atomic mass is 35.5. The molecule has 1 atom stereocenters. The summed E-state index contributed by atoms with van der Waals surface area (Å²) < 4.78 is 29.5. The van der Waals surface area contributed by atoms with Gasteiger partial charge in [0.15, 0.2) is 0 Å². The van der Waals surface area contributed by atoms with Gasteiger partial charge < -0.3 is 13.8 Å². The van der Waals surface area contributed by atoms with Gasteiger partial charge in [0, 0.05) is 0 Å². The molecule has 23 heavy (non-hydrogen) atoms. The molecule has 0 aromatic carbocycles. The molecule has 0 unspecified atom stereocenters. The van der Waals surface area contributed by atoms with E-state index < -0.39 is 19.4 Å². The van der Waals surface area contributed by atoms with E-state index in [-0.39, 0.29) is 18.1 Å². The lowest BCUT2D eigenvalue weighted by molar-refractivity contribution is -0.143. The molecule has 0 aliphatic heterocycles. The van der Waals surface area contributed by atoms with E-state index in [1.807, 2.05) is 0 Å². The molecule has 0 aliphatic rings. The van der Waals surface area contributed by atoms with Crippen LogP contribution >= 0.6 is 19.2 Å². The Labute approximate surface area is 145 Å². The van der Waals surface area contributed by atoms with Crippen molar-refractivity contribution in [1.82, 2.24) is 0 Å². The van der Waals surface area contributed by atoms with E-state index in [1.54, 1.807) is 27.7 Å². The molecule has 0 aromatic heterocycles. The van der Waals surface area contributed by atoms with Gasteiger partial charge >= 0.3 is 13.6 Å². The Morgan fingerprint density at radius 2 is 1.52 bits per heavy atom. The average molecular weight is 371 g/mol. The van der Waals surface area contributed by atoms with E-state index in [0.717, 1.165) is 32.1 Å². The monoisotopic (exact) mass is 370 g/mol. The number of alkyl halides is 1. The van der Waals surface area contributed by atoms with Crippen LogP contribution in [0.1, 0.15) is 73.1 Å². The van der Waals surface area contributed by atoms with Crippen molar-refractivity contribution in [1.29, 1.82) is 0 Å². The van der Waals surface area contributed by atoms with Gasteiger partial charge in [-0.1, -0.05) is 32.6 Å². The van der Waals surface area contributed by atoms with E-state index >= 15 is 0 Å². The molecule has 0 heterocycles. The fourth-order valence-corrected chi connectivity index (χ4v) is 4.44. The normalized spacial score (nSPS) is 13.6. The highest BCUT2D eigenvalue weighted by Crippen LogP contribution is 2.57. The molecule has 0 saturated heterocycles. The molecule has 138 valence electrons. The van der Waals surface area contributed by atoms with Crippen molar-refractivity contribution in [3.8, 4) is 0 Å². The zero-order chi connectivity index (χ0) is 17.9. The summed E-state index contributed by atoms with van der Waals surface area (Å²) in [5.41, 5.74) is 0. The molecular formula is C16H32ClO5P. The first-order valence-corrected chi connectivity index (χ1v) is 10.6. The summed E-state index contributed by atoms with van der Waals surface area (Å²) in [4.78, 5) is 11.6. The number of ether oxygens (including phenoxy) is 1. The van der Waals surface area contributed by atoms with Crippen molar-refractivity contribution in [2.45, 2.75) is 91.2 Å². The summed E-state index contributed by atoms with van der Waals surface area (Å²) in [6, 6.07) is 0. The first-order valence-electron chi connectivity index (χ1n) is 8.47. The standard InChI is InChI=1S/C16H32ClO5P/c1-6-7-8-9-10-11-16(20-15(18)12-17)23(19,21-13(2)3)22-14(4)5/h13-14,16H,6-12H2,1-5H3/t16-/m1/s1. The van der Waals surface area contributed by atoms with Gasteiger partial charge in [-0.05, 0) is 40.5 Å². The Morgan fingerprint density at radius 3 is 1.96 bits per heavy atom. The fourth-order valence-electron chi connectivity index (χ4n) is 2.14. The molecule has 0 saturated carbocycles. The lowest BCUT2D eigenvalue weighted by atomic mass is 10.1. The van der Waals surface area contributed by atoms with Crippen LogP contribution in [0.2, 0.25) is 0 Å². The summed E-state index contributed by atoms with van der Waals surface area (Å²) in [5, 5.41) is 0. The SMILES string of the molecule is CCCCCCC[C@H](OC(=O)CCl)P(=O)(OC(C)C)OC(C)C. The second-order valence-corrected chi connectivity index (χ2v) is 8.47. The summed E-state index contributed by atoms with van der Waals surface area (Å²) in [6.07, 6.45) is 5.06. The van der Waals surface area contributed by atoms with Gasteiger partial charge in [0.1, 0.15) is 5.88 Å². The van der Waals surface area contributed by atoms with Gasteiger partial charge in [-0.15, -0.1) is 11.6 Å². The molecule has 0 aromatic rings. The Morgan fingerprint density at radius 1 is 1.00 bits per heavy atom. The van der Waals surface area contributed by atoms with Crippen LogP contribution in [0.25, 0.3) is 0 Å². The molecule has 0 fully saturated rings. The molecular weight excluding hydrogens is 339 g/mol. The maximum absolute atomic E-state index is 13.1. The first-order chi connectivity index (χ1) is 10.7. The van der Waals surface area contributed by atoms with Crippen LogP contribution in [0.4, 0.5) is 0 Å². The highest BCUT2D eigenvalue weighted by molar-refractivity contribution is 7.54. The maximum atomic E-state index is 13.1. The summed E-state index contributed by atoms with van der Waals surface area (Å²) >= 11 is 5.51. The van der Waals surface area contributed by atoms with Crippen LogP contribution in [0, 0.1) is 0 Å². The van der Waals surface area contributed by atoms with Crippen molar-refractivity contribution in [3.63, 3.8) is 0 Å². The number of carbonyl (C=O) groups excluding carboxylic acids is 1. The van der Waals surface area contributed by atoms with Crippen molar-refractivity contribution in [3.05, 3.63) is 0 Å². The van der Waals surface area contributed by atoms with Gasteiger partial charge in [-0.25, -0.2) is 0 Å². The van der Waals surface area contributed by atoms with Crippen LogP contribution in [0.5, 0.6) is 0 Å². The summed E-state index contributed by atoms with van der Waals surface area (Å²) in [6.45, 7) is 9.25. The lowest BCUT2D eigenvalue weighted by Crippen LogP contribution is -2.24. The van der Waals surface area contributed by atoms with Crippen LogP contribution in [0.15, 0.2) is 0 Å². The minimum absolute atomic E-state index is 0.282. The summed E-state index contributed by atoms with van der Waals surface area (Å²) in [5.74, 6) is -1.79. The van der Waals surface area contributed by atoms with Crippen molar-refractivity contribution in [2.75, 3.05) is 5.88 Å². The minimum atomic E-state index is -3.57. The van der Waals surface area contributed by atoms with Crippen LogP contribution in [0.3, 0.4) is 0 Å². The molecule has 0 amide bonds. The Balaban J connectivity index is 4.98. The highest BCUT2D eigenvalue weighted by Gasteiger charge is 2.40. The fraction of sp³-hybridized carbons (Fsp3) is 0.938. The summed E-state index contributed by atoms with van der Waals surface area (Å²) in [7, 11) is -3.57. The lowest BCUT2D eigenvalue weighted by Gasteiger charge is -2.29. The molecule has 0 radical (unpaired) electrons. The van der Waals surface area contributed by atoms with E-state index in [2.05, 4.69) is 6.92 Å². The van der Waals surface area contributed by atoms with Gasteiger partial charge in [-0.3, -0.25) is 9.36 Å². The quantitative estimate of drug-likeness (QED) is 0.185. The molecule has 0 rings (SSSR count). The predicted molar refractivity (Wildman–Crippen MR) is 94.0 cm³/mol. The average Bonchev–Trinajstić information content (AvgIpc) is 2.43.